The van der Waals surface area contributed by atoms with Crippen molar-refractivity contribution in [2.75, 3.05) is 37.3 Å². The zero-order valence-electron chi connectivity index (χ0n) is 12.5. The van der Waals surface area contributed by atoms with E-state index in [9.17, 15) is 0 Å². The number of rotatable bonds is 2. The maximum atomic E-state index is 5.91. The Labute approximate surface area is 121 Å². The summed E-state index contributed by atoms with van der Waals surface area (Å²) in [6, 6.07) is 2.68. The number of nitrogens with zero attached hydrogens (tertiary/aromatic N) is 4. The summed E-state index contributed by atoms with van der Waals surface area (Å²) >= 11 is 0. The van der Waals surface area contributed by atoms with Crippen LogP contribution in [-0.2, 0) is 6.42 Å². The molecule has 0 radical (unpaired) electrons. The fraction of sp³-hybridized carbons (Fsp3) is 0.733. The summed E-state index contributed by atoms with van der Waals surface area (Å²) in [5.41, 5.74) is 5.91. The van der Waals surface area contributed by atoms with Crippen LogP contribution in [0.2, 0.25) is 0 Å². The molecule has 110 valence electrons. The molecule has 0 aromatic carbocycles. The third-order valence-electron chi connectivity index (χ3n) is 4.76. The molecular weight excluding hydrogens is 250 g/mol. The number of fused-ring (bicyclic) bond motifs is 1. The Morgan fingerprint density at radius 3 is 2.95 bits per heavy atom. The average molecular weight is 275 g/mol. The number of aromatic nitrogens is 2. The number of nitrogen functional groups attached to an aromatic ring is 1. The zero-order chi connectivity index (χ0) is 14.1. The van der Waals surface area contributed by atoms with Gasteiger partial charge in [0, 0.05) is 31.6 Å². The van der Waals surface area contributed by atoms with E-state index in [4.69, 9.17) is 5.73 Å². The number of hydrogen-bond acceptors (Lipinski definition) is 5. The Kier molecular flexibility index (Phi) is 3.78. The predicted octanol–water partition coefficient (Wildman–Crippen LogP) is 1.54. The molecule has 2 saturated heterocycles. The van der Waals surface area contributed by atoms with Crippen LogP contribution in [0.15, 0.2) is 6.07 Å². The molecule has 0 aliphatic carbocycles. The highest BCUT2D eigenvalue weighted by Crippen LogP contribution is 2.31. The molecule has 2 aliphatic heterocycles. The lowest BCUT2D eigenvalue weighted by Crippen LogP contribution is -2.53. The van der Waals surface area contributed by atoms with Crippen molar-refractivity contribution < 1.29 is 0 Å². The van der Waals surface area contributed by atoms with Crippen LogP contribution in [0.25, 0.3) is 0 Å². The summed E-state index contributed by atoms with van der Waals surface area (Å²) in [5, 5.41) is 0. The minimum Gasteiger partial charge on any atom is -0.384 e. The minimum atomic E-state index is 0.592. The molecule has 2 atom stereocenters. The number of likely N-dealkylation sites (tertiary alicyclic amines) is 1. The Morgan fingerprint density at radius 1 is 1.30 bits per heavy atom. The second-order valence-corrected chi connectivity index (χ2v) is 6.11. The van der Waals surface area contributed by atoms with Gasteiger partial charge >= 0.3 is 0 Å². The zero-order valence-corrected chi connectivity index (χ0v) is 12.5. The first kappa shape index (κ1) is 13.6. The minimum absolute atomic E-state index is 0.592. The van der Waals surface area contributed by atoms with Crippen molar-refractivity contribution in [3.63, 3.8) is 0 Å². The molecule has 2 fully saturated rings. The molecular formula is C15H25N5. The van der Waals surface area contributed by atoms with Gasteiger partial charge in [-0.3, -0.25) is 0 Å². The van der Waals surface area contributed by atoms with Gasteiger partial charge in [-0.1, -0.05) is 6.92 Å². The normalized spacial score (nSPS) is 27.4. The van der Waals surface area contributed by atoms with Gasteiger partial charge in [0.15, 0.2) is 0 Å². The number of anilines is 2. The summed E-state index contributed by atoms with van der Waals surface area (Å²) in [6.07, 6.45) is 4.72. The van der Waals surface area contributed by atoms with Gasteiger partial charge in [-0.25, -0.2) is 9.97 Å². The van der Waals surface area contributed by atoms with Gasteiger partial charge in [0.05, 0.1) is 0 Å². The smallest absolute Gasteiger partial charge is 0.134 e. The Hall–Kier alpha value is -1.36. The Bertz CT molecular complexity index is 475. The third kappa shape index (κ3) is 2.59. The fourth-order valence-electron chi connectivity index (χ4n) is 3.68. The molecule has 2 unspecified atom stereocenters. The van der Waals surface area contributed by atoms with Gasteiger partial charge in [0.1, 0.15) is 17.5 Å². The van der Waals surface area contributed by atoms with Crippen LogP contribution in [0, 0.1) is 5.92 Å². The van der Waals surface area contributed by atoms with Crippen LogP contribution < -0.4 is 10.6 Å². The molecule has 5 nitrogen and oxygen atoms in total. The summed E-state index contributed by atoms with van der Waals surface area (Å²) in [5.74, 6) is 3.22. The van der Waals surface area contributed by atoms with Gasteiger partial charge < -0.3 is 15.5 Å². The van der Waals surface area contributed by atoms with Crippen LogP contribution in [0.3, 0.4) is 0 Å². The van der Waals surface area contributed by atoms with E-state index in [0.29, 0.717) is 5.82 Å². The lowest BCUT2D eigenvalue weighted by Gasteiger charge is -2.46. The Morgan fingerprint density at radius 2 is 2.15 bits per heavy atom. The molecule has 2 aliphatic rings. The van der Waals surface area contributed by atoms with Crippen LogP contribution in [0.5, 0.6) is 0 Å². The molecule has 0 saturated carbocycles. The van der Waals surface area contributed by atoms with E-state index in [1.54, 1.807) is 0 Å². The fourth-order valence-corrected chi connectivity index (χ4v) is 3.68. The van der Waals surface area contributed by atoms with Gasteiger partial charge in [-0.05, 0) is 38.8 Å². The standard InChI is InChI=1S/C15H25N5/c1-3-14-17-13(16)9-15(18-14)20-8-6-12-11(10-20)5-4-7-19(12)2/h9,11-12H,3-8,10H2,1-2H3,(H2,16,17,18). The van der Waals surface area contributed by atoms with Crippen molar-refractivity contribution in [2.24, 2.45) is 5.92 Å². The van der Waals surface area contributed by atoms with E-state index in [0.717, 1.165) is 43.1 Å². The summed E-state index contributed by atoms with van der Waals surface area (Å²) < 4.78 is 0. The van der Waals surface area contributed by atoms with Crippen molar-refractivity contribution in [2.45, 2.75) is 38.6 Å². The van der Waals surface area contributed by atoms with Crippen molar-refractivity contribution in [1.82, 2.24) is 14.9 Å². The van der Waals surface area contributed by atoms with Crippen molar-refractivity contribution in [1.29, 1.82) is 0 Å². The van der Waals surface area contributed by atoms with Gasteiger partial charge in [-0.2, -0.15) is 0 Å². The molecule has 0 spiro atoms. The van der Waals surface area contributed by atoms with Crippen molar-refractivity contribution in [3.8, 4) is 0 Å². The molecule has 3 rings (SSSR count). The number of nitrogens with two attached hydrogens (primary N) is 1. The average Bonchev–Trinajstić information content (AvgIpc) is 2.46. The van der Waals surface area contributed by atoms with E-state index in [1.165, 1.54) is 25.8 Å². The lowest BCUT2D eigenvalue weighted by atomic mass is 9.84. The monoisotopic (exact) mass is 275 g/mol. The molecule has 1 aromatic rings. The number of hydrogen-bond donors (Lipinski definition) is 1. The maximum absolute atomic E-state index is 5.91. The molecule has 3 heterocycles. The van der Waals surface area contributed by atoms with Crippen molar-refractivity contribution >= 4 is 11.6 Å². The molecule has 1 aromatic heterocycles. The van der Waals surface area contributed by atoms with E-state index in [2.05, 4.69) is 33.7 Å². The van der Waals surface area contributed by atoms with Crippen LogP contribution in [0.4, 0.5) is 11.6 Å². The number of piperidine rings is 2. The highest BCUT2D eigenvalue weighted by Gasteiger charge is 2.34. The van der Waals surface area contributed by atoms with Gasteiger partial charge in [0.25, 0.3) is 0 Å². The second kappa shape index (κ2) is 5.56. The second-order valence-electron chi connectivity index (χ2n) is 6.11. The lowest BCUT2D eigenvalue weighted by molar-refractivity contribution is 0.102. The maximum Gasteiger partial charge on any atom is 0.134 e. The quantitative estimate of drug-likeness (QED) is 0.887. The SMILES string of the molecule is CCc1nc(N)cc(N2CCC3C(CCCN3C)C2)n1. The molecule has 0 amide bonds. The number of aryl methyl sites for hydroxylation is 1. The summed E-state index contributed by atoms with van der Waals surface area (Å²) in [4.78, 5) is 13.9. The highest BCUT2D eigenvalue weighted by molar-refractivity contribution is 5.47. The molecule has 2 N–H and O–H groups in total. The molecule has 0 bridgehead atoms. The van der Waals surface area contributed by atoms with Gasteiger partial charge in [-0.15, -0.1) is 0 Å². The van der Waals surface area contributed by atoms with Crippen molar-refractivity contribution in [3.05, 3.63) is 11.9 Å². The van der Waals surface area contributed by atoms with Gasteiger partial charge in [0.2, 0.25) is 0 Å². The van der Waals surface area contributed by atoms with Crippen LogP contribution in [-0.4, -0.2) is 47.6 Å². The largest absolute Gasteiger partial charge is 0.384 e. The summed E-state index contributed by atoms with van der Waals surface area (Å²) in [6.45, 7) is 5.50. The third-order valence-corrected chi connectivity index (χ3v) is 4.76. The van der Waals surface area contributed by atoms with E-state index in [1.807, 2.05) is 6.07 Å². The van der Waals surface area contributed by atoms with Crippen LogP contribution in [0.1, 0.15) is 32.0 Å². The Balaban J connectivity index is 1.77. The first-order chi connectivity index (χ1) is 9.67. The molecule has 5 heteroatoms. The first-order valence-electron chi connectivity index (χ1n) is 7.76. The predicted molar refractivity (Wildman–Crippen MR) is 81.8 cm³/mol. The van der Waals surface area contributed by atoms with Crippen LogP contribution >= 0.6 is 0 Å². The highest BCUT2D eigenvalue weighted by atomic mass is 15.2. The molecule has 20 heavy (non-hydrogen) atoms. The van der Waals surface area contributed by atoms with E-state index in [-0.39, 0.29) is 0 Å². The first-order valence-corrected chi connectivity index (χ1v) is 7.76. The topological polar surface area (TPSA) is 58.3 Å². The van der Waals surface area contributed by atoms with E-state index >= 15 is 0 Å². The van der Waals surface area contributed by atoms with E-state index < -0.39 is 0 Å². The summed E-state index contributed by atoms with van der Waals surface area (Å²) in [7, 11) is 2.27.